The van der Waals surface area contributed by atoms with Crippen molar-refractivity contribution in [3.63, 3.8) is 0 Å². The van der Waals surface area contributed by atoms with Crippen LogP contribution >= 0.6 is 0 Å². The summed E-state index contributed by atoms with van der Waals surface area (Å²) in [5, 5.41) is 7.70. The Labute approximate surface area is 116 Å². The van der Waals surface area contributed by atoms with E-state index in [-0.39, 0.29) is 11.7 Å². The van der Waals surface area contributed by atoms with Crippen LogP contribution in [0.5, 0.6) is 0 Å². The van der Waals surface area contributed by atoms with Gasteiger partial charge in [-0.05, 0) is 40.0 Å². The first kappa shape index (κ1) is 18.2. The number of nitrogens with one attached hydrogen (secondary N) is 1. The molecule has 3 N–H and O–H groups in total. The Hall–Kier alpha value is -0.820. The zero-order valence-electron chi connectivity index (χ0n) is 12.6. The van der Waals surface area contributed by atoms with Gasteiger partial charge in [-0.1, -0.05) is 13.8 Å². The summed E-state index contributed by atoms with van der Waals surface area (Å²) in [7, 11) is -3.69. The molecular weight excluding hydrogens is 268 g/mol. The molecule has 0 aliphatic carbocycles. The number of hydrogen-bond acceptors (Lipinski definition) is 4. The van der Waals surface area contributed by atoms with Crippen LogP contribution in [0.4, 0.5) is 4.79 Å². The minimum absolute atomic E-state index is 0.210. The second kappa shape index (κ2) is 6.09. The molecule has 0 rings (SSSR count). The molecule has 0 aromatic heterocycles. The normalized spacial score (nSPS) is 16.0. The lowest BCUT2D eigenvalue weighted by Gasteiger charge is -2.32. The summed E-state index contributed by atoms with van der Waals surface area (Å²) in [5.41, 5.74) is -1.57. The van der Waals surface area contributed by atoms with Crippen LogP contribution in [0.3, 0.4) is 0 Å². The highest BCUT2D eigenvalue weighted by Crippen LogP contribution is 2.19. The van der Waals surface area contributed by atoms with E-state index in [0.717, 1.165) is 0 Å². The number of primary sulfonamides is 1. The van der Waals surface area contributed by atoms with Gasteiger partial charge in [0.1, 0.15) is 5.60 Å². The van der Waals surface area contributed by atoms with E-state index < -0.39 is 27.3 Å². The highest BCUT2D eigenvalue weighted by molar-refractivity contribution is 7.89. The second-order valence-corrected chi connectivity index (χ2v) is 8.21. The van der Waals surface area contributed by atoms with Gasteiger partial charge in [0.15, 0.2) is 0 Å². The quantitative estimate of drug-likeness (QED) is 0.804. The van der Waals surface area contributed by atoms with Gasteiger partial charge in [0.25, 0.3) is 0 Å². The van der Waals surface area contributed by atoms with Crippen LogP contribution in [-0.4, -0.2) is 31.4 Å². The predicted octanol–water partition coefficient (Wildman–Crippen LogP) is 1.60. The first-order valence-corrected chi connectivity index (χ1v) is 7.96. The molecule has 0 spiro atoms. The summed E-state index contributed by atoms with van der Waals surface area (Å²) in [5.74, 6) is -0.112. The zero-order chi connectivity index (χ0) is 15.5. The molecule has 6 nitrogen and oxygen atoms in total. The summed E-state index contributed by atoms with van der Waals surface area (Å²) in [4.78, 5) is 11.8. The second-order valence-electron chi connectivity index (χ2n) is 6.59. The average Bonchev–Trinajstić information content (AvgIpc) is 1.89. The fraction of sp³-hybridized carbons (Fsp3) is 0.917. The predicted molar refractivity (Wildman–Crippen MR) is 75.2 cm³/mol. The Morgan fingerprint density at radius 2 is 1.74 bits per heavy atom. The van der Waals surface area contributed by atoms with Crippen LogP contribution in [0.15, 0.2) is 0 Å². The Morgan fingerprint density at radius 1 is 1.26 bits per heavy atom. The fourth-order valence-electron chi connectivity index (χ4n) is 2.04. The lowest BCUT2D eigenvalue weighted by Crippen LogP contribution is -2.53. The summed E-state index contributed by atoms with van der Waals surface area (Å²) in [6.07, 6.45) is -0.151. The maximum absolute atomic E-state index is 11.8. The number of alkyl carbamates (subject to hydrolysis) is 1. The van der Waals surface area contributed by atoms with Gasteiger partial charge < -0.3 is 10.1 Å². The van der Waals surface area contributed by atoms with Crippen LogP contribution in [0, 0.1) is 5.92 Å². The van der Waals surface area contributed by atoms with Crippen molar-refractivity contribution < 1.29 is 17.9 Å². The van der Waals surface area contributed by atoms with Crippen molar-refractivity contribution >= 4 is 16.1 Å². The minimum Gasteiger partial charge on any atom is -0.444 e. The lowest BCUT2D eigenvalue weighted by molar-refractivity contribution is 0.0464. The molecule has 0 unspecified atom stereocenters. The average molecular weight is 294 g/mol. The van der Waals surface area contributed by atoms with Crippen molar-refractivity contribution in [1.29, 1.82) is 0 Å². The van der Waals surface area contributed by atoms with E-state index in [2.05, 4.69) is 5.32 Å². The molecule has 0 heterocycles. The van der Waals surface area contributed by atoms with Crippen molar-refractivity contribution in [3.05, 3.63) is 0 Å². The first-order valence-electron chi connectivity index (χ1n) is 6.24. The maximum Gasteiger partial charge on any atom is 0.408 e. The molecular formula is C12H26N2O4S. The molecule has 0 radical (unpaired) electrons. The van der Waals surface area contributed by atoms with Crippen molar-refractivity contribution in [2.24, 2.45) is 11.1 Å². The summed E-state index contributed by atoms with van der Waals surface area (Å²) in [6.45, 7) is 10.8. The van der Waals surface area contributed by atoms with Crippen LogP contribution in [-0.2, 0) is 14.8 Å². The summed E-state index contributed by atoms with van der Waals surface area (Å²) in [6, 6.07) is 0. The maximum atomic E-state index is 11.8. The fourth-order valence-corrected chi connectivity index (χ4v) is 3.12. The number of ether oxygens (including phenoxy) is 1. The third kappa shape index (κ3) is 9.72. The molecule has 0 saturated heterocycles. The Morgan fingerprint density at radius 3 is 2.05 bits per heavy atom. The molecule has 0 aliphatic rings. The van der Waals surface area contributed by atoms with Crippen molar-refractivity contribution in [1.82, 2.24) is 5.32 Å². The van der Waals surface area contributed by atoms with Gasteiger partial charge in [0.05, 0.1) is 11.3 Å². The van der Waals surface area contributed by atoms with E-state index in [4.69, 9.17) is 9.88 Å². The lowest BCUT2D eigenvalue weighted by atomic mass is 9.93. The number of nitrogens with two attached hydrogens (primary N) is 1. The molecule has 19 heavy (non-hydrogen) atoms. The van der Waals surface area contributed by atoms with Crippen LogP contribution < -0.4 is 10.5 Å². The molecule has 0 aromatic rings. The molecule has 1 amide bonds. The van der Waals surface area contributed by atoms with Crippen LogP contribution in [0.1, 0.15) is 48.0 Å². The van der Waals surface area contributed by atoms with E-state index in [1.807, 2.05) is 13.8 Å². The van der Waals surface area contributed by atoms with Crippen molar-refractivity contribution in [2.75, 3.05) is 5.75 Å². The highest BCUT2D eigenvalue weighted by Gasteiger charge is 2.33. The van der Waals surface area contributed by atoms with Gasteiger partial charge in [0, 0.05) is 0 Å². The Kier molecular flexibility index (Phi) is 5.83. The Balaban J connectivity index is 4.91. The van der Waals surface area contributed by atoms with Gasteiger partial charge in [-0.15, -0.1) is 0 Å². The van der Waals surface area contributed by atoms with Gasteiger partial charge >= 0.3 is 6.09 Å². The topological polar surface area (TPSA) is 98.5 Å². The summed E-state index contributed by atoms with van der Waals surface area (Å²) < 4.78 is 27.7. The molecule has 0 bridgehead atoms. The standard InChI is InChI=1S/C12H26N2O4S/c1-9(2)7-12(6,8-19(13,16)17)14-10(15)18-11(3,4)5/h9H,7-8H2,1-6H3,(H,14,15)(H2,13,16,17)/t12-/m0/s1. The van der Waals surface area contributed by atoms with Crippen LogP contribution in [0.25, 0.3) is 0 Å². The Bertz CT molecular complexity index is 412. The molecule has 0 saturated carbocycles. The zero-order valence-corrected chi connectivity index (χ0v) is 13.4. The van der Waals surface area contributed by atoms with Gasteiger partial charge in [-0.2, -0.15) is 0 Å². The smallest absolute Gasteiger partial charge is 0.408 e. The van der Waals surface area contributed by atoms with E-state index >= 15 is 0 Å². The number of rotatable bonds is 5. The molecule has 7 heteroatoms. The minimum atomic E-state index is -3.69. The molecule has 0 fully saturated rings. The van der Waals surface area contributed by atoms with Crippen LogP contribution in [0.2, 0.25) is 0 Å². The number of sulfonamides is 1. The first-order chi connectivity index (χ1) is 8.22. The van der Waals surface area contributed by atoms with Gasteiger partial charge in [-0.25, -0.2) is 18.4 Å². The van der Waals surface area contributed by atoms with E-state index in [0.29, 0.717) is 6.42 Å². The van der Waals surface area contributed by atoms with E-state index in [1.165, 1.54) is 0 Å². The van der Waals surface area contributed by atoms with E-state index in [1.54, 1.807) is 27.7 Å². The van der Waals surface area contributed by atoms with Gasteiger partial charge in [-0.3, -0.25) is 0 Å². The molecule has 1 atom stereocenters. The number of amides is 1. The molecule has 0 aromatic carbocycles. The monoisotopic (exact) mass is 294 g/mol. The summed E-state index contributed by atoms with van der Waals surface area (Å²) >= 11 is 0. The molecule has 114 valence electrons. The third-order valence-electron chi connectivity index (χ3n) is 2.18. The highest BCUT2D eigenvalue weighted by atomic mass is 32.2. The number of carbonyl (C=O) groups excluding carboxylic acids is 1. The molecule has 0 aliphatic heterocycles. The number of carbonyl (C=O) groups is 1. The van der Waals surface area contributed by atoms with Crippen molar-refractivity contribution in [3.8, 4) is 0 Å². The van der Waals surface area contributed by atoms with Crippen molar-refractivity contribution in [2.45, 2.75) is 59.1 Å². The SMILES string of the molecule is CC(C)C[C@@](C)(CS(N)(=O)=O)NC(=O)OC(C)(C)C. The number of hydrogen-bond donors (Lipinski definition) is 2. The third-order valence-corrected chi connectivity index (χ3v) is 3.22. The van der Waals surface area contributed by atoms with Gasteiger partial charge in [0.2, 0.25) is 10.0 Å². The largest absolute Gasteiger partial charge is 0.444 e. The van der Waals surface area contributed by atoms with E-state index in [9.17, 15) is 13.2 Å².